The summed E-state index contributed by atoms with van der Waals surface area (Å²) < 4.78 is 5.15. The van der Waals surface area contributed by atoms with Gasteiger partial charge in [-0.25, -0.2) is 0 Å². The van der Waals surface area contributed by atoms with Gasteiger partial charge in [-0.15, -0.1) is 0 Å². The molecule has 1 amide bonds. The summed E-state index contributed by atoms with van der Waals surface area (Å²) in [6.07, 6.45) is 0. The number of fused-ring (bicyclic) bond motifs is 1. The molecule has 1 aromatic carbocycles. The van der Waals surface area contributed by atoms with Crippen molar-refractivity contribution in [2.24, 2.45) is 0 Å². The average Bonchev–Trinajstić information content (AvgIpc) is 2.52. The highest BCUT2D eigenvalue weighted by molar-refractivity contribution is 6.52. The lowest BCUT2D eigenvalue weighted by Gasteiger charge is -2.17. The lowest BCUT2D eigenvalue weighted by molar-refractivity contribution is -0.114. The fourth-order valence-corrected chi connectivity index (χ4v) is 1.89. The third-order valence-electron chi connectivity index (χ3n) is 2.64. The van der Waals surface area contributed by atoms with Crippen molar-refractivity contribution in [1.82, 2.24) is 0 Å². The number of amides is 1. The van der Waals surface area contributed by atoms with E-state index in [1.54, 1.807) is 19.1 Å². The molecule has 1 aromatic rings. The van der Waals surface area contributed by atoms with E-state index < -0.39 is 11.7 Å². The SMILES string of the molecule is CCN1C(=O)C(=O)c2ccc(N)c(OC)c21. The zero-order chi connectivity index (χ0) is 11.9. The van der Waals surface area contributed by atoms with Gasteiger partial charge < -0.3 is 15.4 Å². The fraction of sp³-hybridized carbons (Fsp3) is 0.273. The summed E-state index contributed by atoms with van der Waals surface area (Å²) in [5.41, 5.74) is 7.00. The number of hydrogen-bond acceptors (Lipinski definition) is 4. The highest BCUT2D eigenvalue weighted by Gasteiger charge is 2.37. The number of ether oxygens (including phenoxy) is 1. The maximum absolute atomic E-state index is 11.7. The van der Waals surface area contributed by atoms with Crippen LogP contribution in [0, 0.1) is 0 Å². The molecule has 0 aromatic heterocycles. The van der Waals surface area contributed by atoms with E-state index in [1.807, 2.05) is 0 Å². The van der Waals surface area contributed by atoms with Gasteiger partial charge in [0.2, 0.25) is 0 Å². The van der Waals surface area contributed by atoms with Crippen LogP contribution in [-0.4, -0.2) is 25.3 Å². The third-order valence-corrected chi connectivity index (χ3v) is 2.64. The molecule has 0 unspecified atom stereocenters. The van der Waals surface area contributed by atoms with Gasteiger partial charge in [0.25, 0.3) is 11.7 Å². The molecule has 5 heteroatoms. The molecular weight excluding hydrogens is 208 g/mol. The Morgan fingerprint density at radius 2 is 2.06 bits per heavy atom. The van der Waals surface area contributed by atoms with E-state index in [9.17, 15) is 9.59 Å². The van der Waals surface area contributed by atoms with E-state index in [4.69, 9.17) is 10.5 Å². The van der Waals surface area contributed by atoms with Crippen molar-refractivity contribution in [3.05, 3.63) is 17.7 Å². The Bertz CT molecular complexity index is 482. The zero-order valence-electron chi connectivity index (χ0n) is 9.11. The van der Waals surface area contributed by atoms with Crippen molar-refractivity contribution in [3.63, 3.8) is 0 Å². The number of nitrogens with two attached hydrogens (primary N) is 1. The Hall–Kier alpha value is -2.04. The van der Waals surface area contributed by atoms with Crippen LogP contribution in [0.25, 0.3) is 0 Å². The first-order valence-corrected chi connectivity index (χ1v) is 4.94. The van der Waals surface area contributed by atoms with Crippen LogP contribution in [0.3, 0.4) is 0 Å². The second kappa shape index (κ2) is 3.52. The average molecular weight is 220 g/mol. The fourth-order valence-electron chi connectivity index (χ4n) is 1.89. The first-order valence-electron chi connectivity index (χ1n) is 4.94. The molecule has 2 rings (SSSR count). The minimum absolute atomic E-state index is 0.359. The maximum atomic E-state index is 11.7. The lowest BCUT2D eigenvalue weighted by Crippen LogP contribution is -2.29. The summed E-state index contributed by atoms with van der Waals surface area (Å²) in [6.45, 7) is 2.21. The number of benzene rings is 1. The predicted molar refractivity (Wildman–Crippen MR) is 59.8 cm³/mol. The number of hydrogen-bond donors (Lipinski definition) is 1. The molecule has 16 heavy (non-hydrogen) atoms. The number of anilines is 2. The van der Waals surface area contributed by atoms with E-state index in [0.717, 1.165) is 0 Å². The molecule has 84 valence electrons. The van der Waals surface area contributed by atoms with Gasteiger partial charge in [-0.1, -0.05) is 0 Å². The molecule has 0 saturated carbocycles. The number of likely N-dealkylation sites (N-methyl/N-ethyl adjacent to an activating group) is 1. The van der Waals surface area contributed by atoms with Gasteiger partial charge in [0.15, 0.2) is 5.75 Å². The number of nitrogen functional groups attached to an aromatic ring is 1. The molecule has 0 atom stereocenters. The smallest absolute Gasteiger partial charge is 0.299 e. The molecule has 0 fully saturated rings. The first-order chi connectivity index (χ1) is 7.61. The quantitative estimate of drug-likeness (QED) is 0.591. The monoisotopic (exact) mass is 220 g/mol. The summed E-state index contributed by atoms with van der Waals surface area (Å²) >= 11 is 0. The Kier molecular flexibility index (Phi) is 2.30. The number of nitrogens with zero attached hydrogens (tertiary/aromatic N) is 1. The lowest BCUT2D eigenvalue weighted by atomic mass is 10.1. The van der Waals surface area contributed by atoms with Crippen LogP contribution in [-0.2, 0) is 4.79 Å². The van der Waals surface area contributed by atoms with Crippen LogP contribution in [0.2, 0.25) is 0 Å². The molecule has 0 spiro atoms. The highest BCUT2D eigenvalue weighted by Crippen LogP contribution is 2.41. The Morgan fingerprint density at radius 1 is 1.38 bits per heavy atom. The molecule has 0 aliphatic carbocycles. The normalized spacial score (nSPS) is 14.2. The molecule has 5 nitrogen and oxygen atoms in total. The zero-order valence-corrected chi connectivity index (χ0v) is 9.11. The van der Waals surface area contributed by atoms with E-state index in [1.165, 1.54) is 12.0 Å². The van der Waals surface area contributed by atoms with Crippen molar-refractivity contribution in [3.8, 4) is 5.75 Å². The molecular formula is C11H12N2O3. The number of methoxy groups -OCH3 is 1. The summed E-state index contributed by atoms with van der Waals surface area (Å²) in [4.78, 5) is 24.7. The van der Waals surface area contributed by atoms with E-state index in [-0.39, 0.29) is 0 Å². The summed E-state index contributed by atoms with van der Waals surface area (Å²) in [5, 5.41) is 0. The van der Waals surface area contributed by atoms with Crippen LogP contribution in [0.1, 0.15) is 17.3 Å². The molecule has 1 aliphatic rings. The van der Waals surface area contributed by atoms with Crippen molar-refractivity contribution in [1.29, 1.82) is 0 Å². The van der Waals surface area contributed by atoms with Gasteiger partial charge >= 0.3 is 0 Å². The summed E-state index contributed by atoms with van der Waals surface area (Å²) in [7, 11) is 1.47. The Balaban J connectivity index is 2.72. The van der Waals surface area contributed by atoms with E-state index >= 15 is 0 Å². The number of Topliss-reactive ketones (excluding diaryl/α,β-unsaturated/α-hetero) is 1. The second-order valence-electron chi connectivity index (χ2n) is 3.46. The summed E-state index contributed by atoms with van der Waals surface area (Å²) in [6, 6.07) is 3.13. The van der Waals surface area contributed by atoms with E-state index in [0.29, 0.717) is 29.2 Å². The van der Waals surface area contributed by atoms with Gasteiger partial charge in [-0.3, -0.25) is 9.59 Å². The number of ketones is 1. The first kappa shape index (κ1) is 10.5. The van der Waals surface area contributed by atoms with Crippen molar-refractivity contribution in [2.75, 3.05) is 24.3 Å². The van der Waals surface area contributed by atoms with Crippen molar-refractivity contribution >= 4 is 23.1 Å². The summed E-state index contributed by atoms with van der Waals surface area (Å²) in [5.74, 6) is -0.643. The molecule has 0 saturated heterocycles. The maximum Gasteiger partial charge on any atom is 0.299 e. The minimum atomic E-state index is -0.526. The van der Waals surface area contributed by atoms with Gasteiger partial charge in [-0.2, -0.15) is 0 Å². The molecule has 0 radical (unpaired) electrons. The number of carbonyl (C=O) groups is 2. The molecule has 1 heterocycles. The van der Waals surface area contributed by atoms with Gasteiger partial charge in [0, 0.05) is 6.54 Å². The third kappa shape index (κ3) is 1.18. The molecule has 0 bridgehead atoms. The minimum Gasteiger partial charge on any atom is -0.492 e. The van der Waals surface area contributed by atoms with Crippen LogP contribution in [0.15, 0.2) is 12.1 Å². The second-order valence-corrected chi connectivity index (χ2v) is 3.46. The molecule has 1 aliphatic heterocycles. The van der Waals surface area contributed by atoms with Crippen LogP contribution >= 0.6 is 0 Å². The van der Waals surface area contributed by atoms with Crippen LogP contribution in [0.5, 0.6) is 5.75 Å². The number of rotatable bonds is 2. The topological polar surface area (TPSA) is 72.6 Å². The molecule has 2 N–H and O–H groups in total. The Labute approximate surface area is 92.8 Å². The standard InChI is InChI=1S/C11H12N2O3/c1-3-13-8-6(9(14)11(13)15)4-5-7(12)10(8)16-2/h4-5H,3,12H2,1-2H3. The van der Waals surface area contributed by atoms with Gasteiger partial charge in [-0.05, 0) is 19.1 Å². The largest absolute Gasteiger partial charge is 0.492 e. The van der Waals surface area contributed by atoms with Crippen LogP contribution in [0.4, 0.5) is 11.4 Å². The van der Waals surface area contributed by atoms with Gasteiger partial charge in [0.05, 0.1) is 18.4 Å². The van der Waals surface area contributed by atoms with Gasteiger partial charge in [0.1, 0.15) is 5.69 Å². The highest BCUT2D eigenvalue weighted by atomic mass is 16.5. The van der Waals surface area contributed by atoms with Crippen LogP contribution < -0.4 is 15.4 Å². The van der Waals surface area contributed by atoms with Crippen molar-refractivity contribution < 1.29 is 14.3 Å². The van der Waals surface area contributed by atoms with E-state index in [2.05, 4.69) is 0 Å². The number of carbonyl (C=O) groups excluding carboxylic acids is 2. The Morgan fingerprint density at radius 3 is 2.62 bits per heavy atom. The van der Waals surface area contributed by atoms with Crippen molar-refractivity contribution in [2.45, 2.75) is 6.92 Å². The predicted octanol–water partition coefficient (Wildman–Crippen LogP) is 0.827.